The molecule has 4 aromatic heterocycles. The molecule has 9 heteroatoms. The minimum absolute atomic E-state index is 0.0109. The molecule has 30 heavy (non-hydrogen) atoms. The summed E-state index contributed by atoms with van der Waals surface area (Å²) in [6.07, 6.45) is 2.56. The molecule has 5 rings (SSSR count). The van der Waals surface area contributed by atoms with Crippen LogP contribution in [0.5, 0.6) is 0 Å². The van der Waals surface area contributed by atoms with Crippen LogP contribution in [0.4, 0.5) is 0 Å². The van der Waals surface area contributed by atoms with Crippen molar-refractivity contribution >= 4 is 40.3 Å². The van der Waals surface area contributed by atoms with Crippen LogP contribution in [0, 0.1) is 6.92 Å². The van der Waals surface area contributed by atoms with Gasteiger partial charge in [0.25, 0.3) is 0 Å². The maximum Gasteiger partial charge on any atom is 0.233 e. The second-order valence-corrected chi connectivity index (χ2v) is 10.0. The van der Waals surface area contributed by atoms with Crippen molar-refractivity contribution < 1.29 is 9.21 Å². The fourth-order valence-corrected chi connectivity index (χ4v) is 6.40. The number of carbonyl (C=O) groups is 1. The van der Waals surface area contributed by atoms with Gasteiger partial charge in [-0.1, -0.05) is 17.8 Å². The van der Waals surface area contributed by atoms with Crippen LogP contribution in [-0.4, -0.2) is 37.9 Å². The van der Waals surface area contributed by atoms with Gasteiger partial charge in [-0.15, -0.1) is 32.9 Å². The number of hydrogen-bond acceptors (Lipinski definition) is 7. The van der Waals surface area contributed by atoms with E-state index in [1.165, 1.54) is 27.1 Å². The second-order valence-electron chi connectivity index (χ2n) is 7.10. The van der Waals surface area contributed by atoms with Gasteiger partial charge in [-0.25, -0.2) is 0 Å². The van der Waals surface area contributed by atoms with Crippen molar-refractivity contribution in [1.82, 2.24) is 19.7 Å². The summed E-state index contributed by atoms with van der Waals surface area (Å²) in [4.78, 5) is 17.9. The zero-order chi connectivity index (χ0) is 20.7. The molecule has 4 aromatic rings. The first-order valence-corrected chi connectivity index (χ1v) is 12.3. The zero-order valence-electron chi connectivity index (χ0n) is 16.6. The third kappa shape index (κ3) is 3.40. The van der Waals surface area contributed by atoms with Crippen molar-refractivity contribution in [3.63, 3.8) is 0 Å². The smallest absolute Gasteiger partial charge is 0.233 e. The Hall–Kier alpha value is -2.36. The standard InChI is InChI=1S/C21H20N4O2S3/c1-13-14(6-9-27-13)20-22-23-21(24(20)2)30-12-18(26)25-8-5-16-15(7-11-29-16)19(25)17-4-3-10-28-17/h3-4,6-7,9-11,19H,5,8,12H2,1-2H3/t19-/m0/s1. The Bertz CT molecular complexity index is 1170. The van der Waals surface area contributed by atoms with Gasteiger partial charge in [-0.3, -0.25) is 4.79 Å². The van der Waals surface area contributed by atoms with E-state index in [2.05, 4.69) is 39.2 Å². The lowest BCUT2D eigenvalue weighted by atomic mass is 9.98. The predicted molar refractivity (Wildman–Crippen MR) is 120 cm³/mol. The van der Waals surface area contributed by atoms with E-state index in [1.807, 2.05) is 29.5 Å². The van der Waals surface area contributed by atoms with E-state index in [0.29, 0.717) is 5.75 Å². The summed E-state index contributed by atoms with van der Waals surface area (Å²) >= 11 is 4.92. The molecule has 0 radical (unpaired) electrons. The second kappa shape index (κ2) is 8.05. The van der Waals surface area contributed by atoms with E-state index in [-0.39, 0.29) is 11.9 Å². The largest absolute Gasteiger partial charge is 0.469 e. The number of aromatic nitrogens is 3. The Balaban J connectivity index is 1.35. The van der Waals surface area contributed by atoms with Crippen molar-refractivity contribution in [3.8, 4) is 11.4 Å². The van der Waals surface area contributed by atoms with Crippen LogP contribution >= 0.6 is 34.4 Å². The lowest BCUT2D eigenvalue weighted by Crippen LogP contribution is -2.40. The number of hydrogen-bond donors (Lipinski definition) is 0. The lowest BCUT2D eigenvalue weighted by molar-refractivity contribution is -0.130. The Labute approximate surface area is 186 Å². The minimum atomic E-state index is 0.0109. The number of amides is 1. The summed E-state index contributed by atoms with van der Waals surface area (Å²) in [6.45, 7) is 2.65. The molecule has 0 fully saturated rings. The molecule has 0 aromatic carbocycles. The molecule has 1 aliphatic rings. The topological polar surface area (TPSA) is 64.2 Å². The Morgan fingerprint density at radius 2 is 2.17 bits per heavy atom. The van der Waals surface area contributed by atoms with Crippen LogP contribution in [0.1, 0.15) is 27.1 Å². The molecule has 0 saturated heterocycles. The first-order chi connectivity index (χ1) is 14.6. The van der Waals surface area contributed by atoms with Crippen LogP contribution < -0.4 is 0 Å². The number of thiophene rings is 2. The third-order valence-electron chi connectivity index (χ3n) is 5.36. The average Bonchev–Trinajstić information content (AvgIpc) is 3.53. The van der Waals surface area contributed by atoms with Crippen molar-refractivity contribution in [1.29, 1.82) is 0 Å². The number of rotatable bonds is 5. The van der Waals surface area contributed by atoms with E-state index in [0.717, 1.165) is 35.3 Å². The molecule has 1 aliphatic heterocycles. The Kier molecular flexibility index (Phi) is 5.26. The first-order valence-electron chi connectivity index (χ1n) is 9.59. The molecular formula is C21H20N4O2S3. The van der Waals surface area contributed by atoms with E-state index in [1.54, 1.807) is 28.9 Å². The number of fused-ring (bicyclic) bond motifs is 1. The molecule has 6 nitrogen and oxygen atoms in total. The van der Waals surface area contributed by atoms with Gasteiger partial charge in [0, 0.05) is 23.3 Å². The minimum Gasteiger partial charge on any atom is -0.469 e. The van der Waals surface area contributed by atoms with Gasteiger partial charge in [0.1, 0.15) is 5.76 Å². The van der Waals surface area contributed by atoms with Gasteiger partial charge in [0.15, 0.2) is 11.0 Å². The average molecular weight is 457 g/mol. The maximum absolute atomic E-state index is 13.3. The molecule has 1 amide bonds. The van der Waals surface area contributed by atoms with Crippen molar-refractivity contribution in [2.75, 3.05) is 12.3 Å². The molecule has 0 N–H and O–H groups in total. The molecule has 1 atom stereocenters. The van der Waals surface area contributed by atoms with Crippen molar-refractivity contribution in [3.05, 3.63) is 62.4 Å². The highest BCUT2D eigenvalue weighted by Crippen LogP contribution is 2.40. The molecular weight excluding hydrogens is 436 g/mol. The highest BCUT2D eigenvalue weighted by Gasteiger charge is 2.33. The number of nitrogens with zero attached hydrogens (tertiary/aromatic N) is 4. The Morgan fingerprint density at radius 3 is 2.93 bits per heavy atom. The summed E-state index contributed by atoms with van der Waals surface area (Å²) in [5.74, 6) is 2.00. The number of thioether (sulfide) groups is 1. The van der Waals surface area contributed by atoms with Gasteiger partial charge < -0.3 is 13.9 Å². The predicted octanol–water partition coefficient (Wildman–Crippen LogP) is 4.77. The van der Waals surface area contributed by atoms with Crippen molar-refractivity contribution in [2.24, 2.45) is 7.05 Å². The molecule has 0 spiro atoms. The fourth-order valence-electron chi connectivity index (χ4n) is 3.84. The quantitative estimate of drug-likeness (QED) is 0.405. The highest BCUT2D eigenvalue weighted by atomic mass is 32.2. The lowest BCUT2D eigenvalue weighted by Gasteiger charge is -2.35. The maximum atomic E-state index is 13.3. The molecule has 0 saturated carbocycles. The zero-order valence-corrected chi connectivity index (χ0v) is 19.0. The molecule has 0 unspecified atom stereocenters. The van der Waals surface area contributed by atoms with Crippen LogP contribution in [-0.2, 0) is 18.3 Å². The fraction of sp³-hybridized carbons (Fsp3) is 0.286. The number of furan rings is 1. The van der Waals surface area contributed by atoms with Crippen LogP contribution in [0.2, 0.25) is 0 Å². The van der Waals surface area contributed by atoms with E-state index in [4.69, 9.17) is 4.42 Å². The molecule has 0 aliphatic carbocycles. The van der Waals surface area contributed by atoms with Gasteiger partial charge in [-0.05, 0) is 47.9 Å². The van der Waals surface area contributed by atoms with Crippen LogP contribution in [0.15, 0.2) is 50.9 Å². The molecule has 154 valence electrons. The van der Waals surface area contributed by atoms with Crippen molar-refractivity contribution in [2.45, 2.75) is 24.5 Å². The third-order valence-corrected chi connectivity index (χ3v) is 8.28. The van der Waals surface area contributed by atoms with E-state index < -0.39 is 0 Å². The summed E-state index contributed by atoms with van der Waals surface area (Å²) in [6, 6.07) is 8.24. The van der Waals surface area contributed by atoms with Gasteiger partial charge in [0.05, 0.1) is 23.6 Å². The van der Waals surface area contributed by atoms with E-state index >= 15 is 0 Å². The normalized spacial score (nSPS) is 16.1. The summed E-state index contributed by atoms with van der Waals surface area (Å²) in [7, 11) is 1.92. The number of aryl methyl sites for hydroxylation is 1. The summed E-state index contributed by atoms with van der Waals surface area (Å²) < 4.78 is 7.30. The SMILES string of the molecule is Cc1occc1-c1nnc(SCC(=O)N2CCc3sccc3[C@H]2c2cccs2)n1C. The summed E-state index contributed by atoms with van der Waals surface area (Å²) in [5.41, 5.74) is 2.19. The van der Waals surface area contributed by atoms with Crippen LogP contribution in [0.25, 0.3) is 11.4 Å². The summed E-state index contributed by atoms with van der Waals surface area (Å²) in [5, 5.41) is 13.5. The van der Waals surface area contributed by atoms with Gasteiger partial charge >= 0.3 is 0 Å². The van der Waals surface area contributed by atoms with Gasteiger partial charge in [0.2, 0.25) is 5.91 Å². The molecule has 0 bridgehead atoms. The van der Waals surface area contributed by atoms with Crippen LogP contribution in [0.3, 0.4) is 0 Å². The Morgan fingerprint density at radius 1 is 1.27 bits per heavy atom. The monoisotopic (exact) mass is 456 g/mol. The first kappa shape index (κ1) is 19.6. The van der Waals surface area contributed by atoms with Gasteiger partial charge in [-0.2, -0.15) is 0 Å². The number of carbonyl (C=O) groups excluding carboxylic acids is 1. The van der Waals surface area contributed by atoms with E-state index in [9.17, 15) is 4.79 Å². The highest BCUT2D eigenvalue weighted by molar-refractivity contribution is 7.99. The molecule has 5 heterocycles.